The highest BCUT2D eigenvalue weighted by Gasteiger charge is 2.48. The first kappa shape index (κ1) is 19.8. The minimum absolute atomic E-state index is 0.435. The Morgan fingerprint density at radius 3 is 2.54 bits per heavy atom. The van der Waals surface area contributed by atoms with E-state index in [9.17, 15) is 4.79 Å². The minimum atomic E-state index is 0.435. The van der Waals surface area contributed by atoms with Crippen LogP contribution in [0.2, 0.25) is 0 Å². The van der Waals surface area contributed by atoms with Gasteiger partial charge in [-0.05, 0) is 62.5 Å². The van der Waals surface area contributed by atoms with Gasteiger partial charge in [0, 0.05) is 37.3 Å². The molecule has 154 valence electrons. The van der Waals surface area contributed by atoms with Crippen LogP contribution in [0.3, 0.4) is 0 Å². The number of carbonyl (C=O) groups is 1. The third-order valence-corrected chi connectivity index (χ3v) is 7.53. The van der Waals surface area contributed by atoms with Crippen LogP contribution in [0.1, 0.15) is 77.6 Å². The summed E-state index contributed by atoms with van der Waals surface area (Å²) in [7, 11) is 0. The normalized spacial score (nSPS) is 29.5. The summed E-state index contributed by atoms with van der Waals surface area (Å²) < 4.78 is 0. The zero-order chi connectivity index (χ0) is 19.3. The van der Waals surface area contributed by atoms with Crippen molar-refractivity contribution < 1.29 is 4.79 Å². The number of hydrogen-bond donors (Lipinski definition) is 0. The Bertz CT molecular complexity index is 631. The molecule has 2 aliphatic heterocycles. The lowest BCUT2D eigenvalue weighted by Crippen LogP contribution is -2.50. The van der Waals surface area contributed by atoms with Crippen LogP contribution in [0.25, 0.3) is 0 Å². The van der Waals surface area contributed by atoms with Crippen molar-refractivity contribution in [1.29, 1.82) is 0 Å². The zero-order valence-corrected chi connectivity index (χ0v) is 17.7. The zero-order valence-electron chi connectivity index (χ0n) is 17.7. The first-order chi connectivity index (χ1) is 13.8. The van der Waals surface area contributed by atoms with Gasteiger partial charge in [-0.2, -0.15) is 0 Å². The Hall–Kier alpha value is -1.51. The molecule has 1 aromatic rings. The minimum Gasteiger partial charge on any atom is -0.369 e. The molecule has 0 unspecified atom stereocenters. The second-order valence-corrected chi connectivity index (χ2v) is 9.35. The monoisotopic (exact) mass is 382 g/mol. The summed E-state index contributed by atoms with van der Waals surface area (Å²) in [5, 5.41) is 0. The Balaban J connectivity index is 1.48. The number of unbranched alkanes of at least 4 members (excludes halogenated alkanes) is 4. The van der Waals surface area contributed by atoms with Crippen molar-refractivity contribution in [2.75, 3.05) is 18.0 Å². The van der Waals surface area contributed by atoms with Gasteiger partial charge in [0.2, 0.25) is 5.91 Å². The molecule has 1 amide bonds. The summed E-state index contributed by atoms with van der Waals surface area (Å²) in [6.07, 6.45) is 13.6. The number of carbonyl (C=O) groups excluding carboxylic acids is 1. The lowest BCUT2D eigenvalue weighted by molar-refractivity contribution is -0.132. The van der Waals surface area contributed by atoms with Crippen molar-refractivity contribution in [1.82, 2.24) is 4.90 Å². The molecule has 2 saturated heterocycles. The van der Waals surface area contributed by atoms with E-state index in [2.05, 4.69) is 47.1 Å². The van der Waals surface area contributed by atoms with Crippen LogP contribution < -0.4 is 4.90 Å². The summed E-state index contributed by atoms with van der Waals surface area (Å²) >= 11 is 0. The number of amides is 1. The van der Waals surface area contributed by atoms with Gasteiger partial charge in [0.25, 0.3) is 0 Å². The summed E-state index contributed by atoms with van der Waals surface area (Å²) in [6.45, 7) is 4.49. The number of para-hydroxylation sites is 1. The van der Waals surface area contributed by atoms with Gasteiger partial charge in [-0.1, -0.05) is 50.8 Å². The number of nitrogens with zero attached hydrogens (tertiary/aromatic N) is 2. The van der Waals surface area contributed by atoms with Crippen molar-refractivity contribution in [2.24, 2.45) is 11.8 Å². The Kier molecular flexibility index (Phi) is 6.59. The third kappa shape index (κ3) is 4.23. The molecule has 3 heteroatoms. The molecule has 3 aliphatic rings. The first-order valence-electron chi connectivity index (χ1n) is 11.9. The lowest BCUT2D eigenvalue weighted by Gasteiger charge is -2.45. The molecule has 0 aromatic heterocycles. The van der Waals surface area contributed by atoms with Crippen LogP contribution in [-0.2, 0) is 4.79 Å². The number of benzene rings is 1. The van der Waals surface area contributed by atoms with Gasteiger partial charge >= 0.3 is 0 Å². The van der Waals surface area contributed by atoms with E-state index in [1.807, 2.05) is 0 Å². The standard InChI is InChI=1S/C25H38N2O/c1-2-3-4-5-9-16-26(22-12-7-6-8-13-22)23-18-20-11-10-14-24(28)27-17-15-21(19-23)25(20)27/h6-8,12-13,20-21,23,25H,2-5,9-11,14-19H2,1H3/t20-,21+,23-,25-/m1/s1. The Morgan fingerprint density at radius 1 is 1.00 bits per heavy atom. The SMILES string of the molecule is CCCCCCCN(c1ccccc1)[C@@H]1C[C@H]2CCCC(=O)N3CC[C@@H](C1)[C@@H]23. The highest BCUT2D eigenvalue weighted by Crippen LogP contribution is 2.45. The number of hydrogen-bond acceptors (Lipinski definition) is 2. The van der Waals surface area contributed by atoms with E-state index in [4.69, 9.17) is 0 Å². The van der Waals surface area contributed by atoms with E-state index in [0.717, 1.165) is 25.3 Å². The van der Waals surface area contributed by atoms with Gasteiger partial charge in [0.15, 0.2) is 0 Å². The summed E-state index contributed by atoms with van der Waals surface area (Å²) in [6, 6.07) is 12.3. The van der Waals surface area contributed by atoms with Crippen LogP contribution in [0.15, 0.2) is 30.3 Å². The molecule has 2 heterocycles. The molecule has 0 spiro atoms. The molecular weight excluding hydrogens is 344 g/mol. The molecule has 1 aromatic carbocycles. The van der Waals surface area contributed by atoms with Crippen molar-refractivity contribution in [3.05, 3.63) is 30.3 Å². The van der Waals surface area contributed by atoms with Crippen molar-refractivity contribution in [3.8, 4) is 0 Å². The van der Waals surface area contributed by atoms with Crippen LogP contribution in [0, 0.1) is 11.8 Å². The fourth-order valence-electron chi connectivity index (χ4n) is 6.23. The molecule has 1 aliphatic carbocycles. The van der Waals surface area contributed by atoms with Gasteiger partial charge < -0.3 is 9.80 Å². The predicted molar refractivity (Wildman–Crippen MR) is 117 cm³/mol. The van der Waals surface area contributed by atoms with Crippen molar-refractivity contribution in [3.63, 3.8) is 0 Å². The average Bonchev–Trinajstić information content (AvgIpc) is 3.08. The summed E-state index contributed by atoms with van der Waals surface area (Å²) in [5.41, 5.74) is 1.40. The summed E-state index contributed by atoms with van der Waals surface area (Å²) in [4.78, 5) is 17.5. The third-order valence-electron chi connectivity index (χ3n) is 7.53. The molecule has 0 N–H and O–H groups in total. The average molecular weight is 383 g/mol. The van der Waals surface area contributed by atoms with E-state index in [1.54, 1.807) is 0 Å². The maximum atomic E-state index is 12.5. The lowest BCUT2D eigenvalue weighted by atomic mass is 9.73. The maximum absolute atomic E-state index is 12.5. The van der Waals surface area contributed by atoms with Gasteiger partial charge in [0.05, 0.1) is 0 Å². The van der Waals surface area contributed by atoms with Crippen LogP contribution in [-0.4, -0.2) is 36.0 Å². The van der Waals surface area contributed by atoms with Gasteiger partial charge in [0.1, 0.15) is 0 Å². The van der Waals surface area contributed by atoms with Crippen molar-refractivity contribution in [2.45, 2.75) is 89.6 Å². The van der Waals surface area contributed by atoms with Gasteiger partial charge in [-0.3, -0.25) is 4.79 Å². The molecule has 0 radical (unpaired) electrons. The largest absolute Gasteiger partial charge is 0.369 e. The first-order valence-corrected chi connectivity index (χ1v) is 11.9. The Labute approximate surface area is 171 Å². The maximum Gasteiger partial charge on any atom is 0.222 e. The van der Waals surface area contributed by atoms with E-state index in [1.165, 1.54) is 70.0 Å². The predicted octanol–water partition coefficient (Wildman–Crippen LogP) is 5.64. The summed E-state index contributed by atoms with van der Waals surface area (Å²) in [5.74, 6) is 1.87. The molecule has 0 bridgehead atoms. The van der Waals surface area contributed by atoms with Gasteiger partial charge in [-0.15, -0.1) is 0 Å². The van der Waals surface area contributed by atoms with E-state index in [-0.39, 0.29) is 0 Å². The van der Waals surface area contributed by atoms with Crippen LogP contribution >= 0.6 is 0 Å². The number of rotatable bonds is 8. The molecular formula is C25H38N2O. The second kappa shape index (κ2) is 9.33. The van der Waals surface area contributed by atoms with Crippen LogP contribution in [0.5, 0.6) is 0 Å². The van der Waals surface area contributed by atoms with E-state index in [0.29, 0.717) is 23.9 Å². The smallest absolute Gasteiger partial charge is 0.222 e. The molecule has 3 nitrogen and oxygen atoms in total. The quantitative estimate of drug-likeness (QED) is 0.543. The molecule has 4 rings (SSSR count). The number of anilines is 1. The molecule has 1 saturated carbocycles. The Morgan fingerprint density at radius 2 is 1.75 bits per heavy atom. The topological polar surface area (TPSA) is 23.6 Å². The van der Waals surface area contributed by atoms with E-state index < -0.39 is 0 Å². The van der Waals surface area contributed by atoms with E-state index >= 15 is 0 Å². The highest BCUT2D eigenvalue weighted by molar-refractivity contribution is 5.77. The fourth-order valence-corrected chi connectivity index (χ4v) is 6.23. The fraction of sp³-hybridized carbons (Fsp3) is 0.720. The highest BCUT2D eigenvalue weighted by atomic mass is 16.2. The van der Waals surface area contributed by atoms with Gasteiger partial charge in [-0.25, -0.2) is 0 Å². The molecule has 3 fully saturated rings. The molecule has 4 atom stereocenters. The second-order valence-electron chi connectivity index (χ2n) is 9.35. The van der Waals surface area contributed by atoms with Crippen molar-refractivity contribution >= 4 is 11.6 Å². The van der Waals surface area contributed by atoms with Crippen LogP contribution in [0.4, 0.5) is 5.69 Å². The molecule has 28 heavy (non-hydrogen) atoms.